The summed E-state index contributed by atoms with van der Waals surface area (Å²) in [4.78, 5) is 25.1. The van der Waals surface area contributed by atoms with Gasteiger partial charge in [-0.3, -0.25) is 14.3 Å². The van der Waals surface area contributed by atoms with Gasteiger partial charge in [-0.1, -0.05) is 35.9 Å². The molecule has 3 rings (SSSR count). The van der Waals surface area contributed by atoms with Crippen molar-refractivity contribution in [3.8, 4) is 5.69 Å². The van der Waals surface area contributed by atoms with Crippen LogP contribution < -0.4 is 10.9 Å². The van der Waals surface area contributed by atoms with Crippen LogP contribution in [0.2, 0.25) is 5.02 Å². The highest BCUT2D eigenvalue weighted by Crippen LogP contribution is 2.17. The van der Waals surface area contributed by atoms with Gasteiger partial charge in [-0.2, -0.15) is 0 Å². The van der Waals surface area contributed by atoms with Crippen LogP contribution in [0.3, 0.4) is 0 Å². The van der Waals surface area contributed by atoms with E-state index < -0.39 is 11.7 Å². The van der Waals surface area contributed by atoms with Crippen LogP contribution in [0.25, 0.3) is 5.69 Å². The molecule has 1 aromatic heterocycles. The van der Waals surface area contributed by atoms with Gasteiger partial charge in [0.25, 0.3) is 5.56 Å². The Bertz CT molecular complexity index is 1030. The average Bonchev–Trinajstić information content (AvgIpc) is 2.82. The van der Waals surface area contributed by atoms with E-state index in [1.807, 2.05) is 18.2 Å². The molecule has 0 fully saturated rings. The van der Waals surface area contributed by atoms with Crippen molar-refractivity contribution in [3.63, 3.8) is 0 Å². The maximum atomic E-state index is 13.9. The van der Waals surface area contributed by atoms with Crippen LogP contribution in [0.15, 0.2) is 53.3 Å². The summed E-state index contributed by atoms with van der Waals surface area (Å²) in [5.74, 6) is -1.03. The minimum absolute atomic E-state index is 0.177. The van der Waals surface area contributed by atoms with Crippen molar-refractivity contribution >= 4 is 23.2 Å². The van der Waals surface area contributed by atoms with Crippen molar-refractivity contribution < 1.29 is 9.18 Å². The van der Waals surface area contributed by atoms with Crippen molar-refractivity contribution in [1.29, 1.82) is 0 Å². The number of aromatic nitrogens is 2. The smallest absolute Gasteiger partial charge is 0.295 e. The second-order valence-corrected chi connectivity index (χ2v) is 6.33. The molecule has 7 heteroatoms. The molecule has 0 aliphatic carbocycles. The molecule has 134 valence electrons. The van der Waals surface area contributed by atoms with Gasteiger partial charge in [0.15, 0.2) is 0 Å². The lowest BCUT2D eigenvalue weighted by Crippen LogP contribution is -2.23. The number of hydrogen-bond donors (Lipinski definition) is 1. The molecule has 0 saturated heterocycles. The van der Waals surface area contributed by atoms with Crippen LogP contribution >= 0.6 is 11.6 Å². The number of hydrogen-bond acceptors (Lipinski definition) is 2. The number of carbonyl (C=O) groups is 1. The van der Waals surface area contributed by atoms with Crippen molar-refractivity contribution in [2.75, 3.05) is 5.32 Å². The van der Waals surface area contributed by atoms with E-state index in [4.69, 9.17) is 11.6 Å². The molecular formula is C19H17ClFN3O2. The maximum absolute atomic E-state index is 13.9. The molecule has 0 radical (unpaired) electrons. The van der Waals surface area contributed by atoms with Crippen molar-refractivity contribution in [2.45, 2.75) is 13.3 Å². The zero-order chi connectivity index (χ0) is 18.8. The minimum Gasteiger partial charge on any atom is -0.320 e. The molecule has 0 aliphatic heterocycles. The highest BCUT2D eigenvalue weighted by atomic mass is 35.5. The van der Waals surface area contributed by atoms with Gasteiger partial charge < -0.3 is 5.32 Å². The Labute approximate surface area is 154 Å². The Morgan fingerprint density at radius 3 is 2.54 bits per heavy atom. The molecule has 1 N–H and O–H groups in total. The molecule has 0 saturated carbocycles. The van der Waals surface area contributed by atoms with Gasteiger partial charge in [-0.25, -0.2) is 9.07 Å². The Morgan fingerprint density at radius 2 is 1.88 bits per heavy atom. The third-order valence-electron chi connectivity index (χ3n) is 4.18. The summed E-state index contributed by atoms with van der Waals surface area (Å²) in [6, 6.07) is 13.2. The number of amides is 1. The Morgan fingerprint density at radius 1 is 1.19 bits per heavy atom. The maximum Gasteiger partial charge on any atom is 0.295 e. The molecule has 0 bridgehead atoms. The summed E-state index contributed by atoms with van der Waals surface area (Å²) in [6.07, 6.45) is -0.192. The third kappa shape index (κ3) is 3.41. The number of carbonyl (C=O) groups excluding carboxylic acids is 1. The fraction of sp³-hybridized carbons (Fsp3) is 0.158. The number of nitrogens with one attached hydrogen (secondary N) is 1. The number of benzene rings is 2. The molecule has 0 aliphatic rings. The molecular weight excluding hydrogens is 357 g/mol. The summed E-state index contributed by atoms with van der Waals surface area (Å²) in [5.41, 5.74) is 1.33. The highest BCUT2D eigenvalue weighted by Gasteiger charge is 2.18. The van der Waals surface area contributed by atoms with Crippen LogP contribution in [0.4, 0.5) is 10.1 Å². The molecule has 26 heavy (non-hydrogen) atoms. The predicted molar refractivity (Wildman–Crippen MR) is 99.5 cm³/mol. The first kappa shape index (κ1) is 17.9. The fourth-order valence-corrected chi connectivity index (χ4v) is 2.89. The van der Waals surface area contributed by atoms with E-state index in [1.54, 1.807) is 30.8 Å². The SMILES string of the molecule is Cc1c(NC(=O)Cc2ccc(Cl)cc2F)c(=O)n(-c2ccccc2)n1C. The number of rotatable bonds is 4. The minimum atomic E-state index is -0.556. The van der Waals surface area contributed by atoms with Gasteiger partial charge in [-0.15, -0.1) is 0 Å². The van der Waals surface area contributed by atoms with Crippen LogP contribution in [0.5, 0.6) is 0 Å². The molecule has 5 nitrogen and oxygen atoms in total. The van der Waals surface area contributed by atoms with E-state index in [1.165, 1.54) is 16.8 Å². The monoisotopic (exact) mass is 373 g/mol. The Hall–Kier alpha value is -2.86. The van der Waals surface area contributed by atoms with Crippen LogP contribution in [0, 0.1) is 12.7 Å². The lowest BCUT2D eigenvalue weighted by atomic mass is 10.1. The molecule has 1 heterocycles. The van der Waals surface area contributed by atoms with Gasteiger partial charge in [0.05, 0.1) is 17.8 Å². The molecule has 2 aromatic carbocycles. The van der Waals surface area contributed by atoms with Crippen LogP contribution in [0.1, 0.15) is 11.3 Å². The van der Waals surface area contributed by atoms with Crippen LogP contribution in [-0.2, 0) is 18.3 Å². The van der Waals surface area contributed by atoms with Crippen molar-refractivity contribution in [2.24, 2.45) is 7.05 Å². The topological polar surface area (TPSA) is 56.0 Å². The zero-order valence-corrected chi connectivity index (χ0v) is 15.0. The first-order valence-corrected chi connectivity index (χ1v) is 8.34. The molecule has 3 aromatic rings. The number of para-hydroxylation sites is 1. The number of halogens is 2. The van der Waals surface area contributed by atoms with E-state index in [2.05, 4.69) is 5.32 Å². The highest BCUT2D eigenvalue weighted by molar-refractivity contribution is 6.30. The normalized spacial score (nSPS) is 10.8. The van der Waals surface area contributed by atoms with Gasteiger partial charge >= 0.3 is 0 Å². The number of anilines is 1. The largest absolute Gasteiger partial charge is 0.320 e. The van der Waals surface area contributed by atoms with Crippen LogP contribution in [-0.4, -0.2) is 15.3 Å². The van der Waals surface area contributed by atoms with Crippen molar-refractivity contribution in [3.05, 3.63) is 81.0 Å². The quantitative estimate of drug-likeness (QED) is 0.761. The van der Waals surface area contributed by atoms with Gasteiger partial charge in [0.1, 0.15) is 11.5 Å². The van der Waals surface area contributed by atoms with E-state index in [9.17, 15) is 14.0 Å². The fourth-order valence-electron chi connectivity index (χ4n) is 2.73. The zero-order valence-electron chi connectivity index (χ0n) is 14.3. The number of nitrogens with zero attached hydrogens (tertiary/aromatic N) is 2. The van der Waals surface area contributed by atoms with Gasteiger partial charge in [0, 0.05) is 12.1 Å². The van der Waals surface area contributed by atoms with Gasteiger partial charge in [-0.05, 0) is 36.8 Å². The molecule has 1 amide bonds. The summed E-state index contributed by atoms with van der Waals surface area (Å²) < 4.78 is 17.0. The van der Waals surface area contributed by atoms with E-state index in [0.29, 0.717) is 11.4 Å². The average molecular weight is 374 g/mol. The lowest BCUT2D eigenvalue weighted by molar-refractivity contribution is -0.115. The van der Waals surface area contributed by atoms with E-state index >= 15 is 0 Å². The van der Waals surface area contributed by atoms with Crippen molar-refractivity contribution in [1.82, 2.24) is 9.36 Å². The molecule has 0 atom stereocenters. The standard InChI is InChI=1S/C19H17ClFN3O2/c1-12-18(19(26)24(23(12)2)15-6-4-3-5-7-15)22-17(25)10-13-8-9-14(20)11-16(13)21/h3-9,11H,10H2,1-2H3,(H,22,25). The summed E-state index contributed by atoms with van der Waals surface area (Å²) >= 11 is 5.72. The first-order valence-electron chi connectivity index (χ1n) is 7.96. The molecule has 0 unspecified atom stereocenters. The Balaban J connectivity index is 1.88. The lowest BCUT2D eigenvalue weighted by Gasteiger charge is -2.07. The second-order valence-electron chi connectivity index (χ2n) is 5.90. The summed E-state index contributed by atoms with van der Waals surface area (Å²) in [7, 11) is 1.73. The van der Waals surface area contributed by atoms with Gasteiger partial charge in [0.2, 0.25) is 5.91 Å². The predicted octanol–water partition coefficient (Wildman–Crippen LogP) is 3.46. The third-order valence-corrected chi connectivity index (χ3v) is 4.42. The van der Waals surface area contributed by atoms with E-state index in [0.717, 1.165) is 6.07 Å². The first-order chi connectivity index (χ1) is 12.4. The molecule has 0 spiro atoms. The summed E-state index contributed by atoms with van der Waals surface area (Å²) in [5, 5.41) is 2.87. The summed E-state index contributed by atoms with van der Waals surface area (Å²) in [6.45, 7) is 1.74. The van der Waals surface area contributed by atoms with E-state index in [-0.39, 0.29) is 28.3 Å². The second kappa shape index (κ2) is 7.17. The Kier molecular flexibility index (Phi) is 4.95.